The number of sulfonamides is 1. The SMILES string of the molecule is CCCCNC(=O)[C@@H](Cc1ccccc1)N(Cc1ccccc1)C(=O)CCCN(C)S(=O)(=O)c1ccccc1. The van der Waals surface area contributed by atoms with Gasteiger partial charge in [-0.15, -0.1) is 0 Å². The fourth-order valence-electron chi connectivity index (χ4n) is 4.33. The number of rotatable bonds is 15. The number of carbonyl (C=O) groups excluding carboxylic acids is 2. The van der Waals surface area contributed by atoms with Gasteiger partial charge in [0.2, 0.25) is 21.8 Å². The highest BCUT2D eigenvalue weighted by molar-refractivity contribution is 7.89. The molecule has 0 saturated carbocycles. The van der Waals surface area contributed by atoms with E-state index in [0.717, 1.165) is 24.0 Å². The molecule has 208 valence electrons. The van der Waals surface area contributed by atoms with Crippen molar-refractivity contribution in [3.05, 3.63) is 102 Å². The van der Waals surface area contributed by atoms with Gasteiger partial charge in [-0.1, -0.05) is 92.2 Å². The molecule has 0 saturated heterocycles. The van der Waals surface area contributed by atoms with E-state index in [9.17, 15) is 18.0 Å². The van der Waals surface area contributed by atoms with Crippen LogP contribution in [0.4, 0.5) is 0 Å². The molecular weight excluding hydrogens is 510 g/mol. The molecule has 0 unspecified atom stereocenters. The van der Waals surface area contributed by atoms with Gasteiger partial charge in [0.15, 0.2) is 0 Å². The predicted octanol–water partition coefficient (Wildman–Crippen LogP) is 4.64. The van der Waals surface area contributed by atoms with Gasteiger partial charge < -0.3 is 10.2 Å². The van der Waals surface area contributed by atoms with Crippen molar-refractivity contribution in [3.8, 4) is 0 Å². The second-order valence-corrected chi connectivity index (χ2v) is 11.6. The molecule has 39 heavy (non-hydrogen) atoms. The van der Waals surface area contributed by atoms with Crippen LogP contribution in [-0.2, 0) is 32.6 Å². The lowest BCUT2D eigenvalue weighted by molar-refractivity contribution is -0.141. The second-order valence-electron chi connectivity index (χ2n) is 9.60. The van der Waals surface area contributed by atoms with Gasteiger partial charge in [-0.05, 0) is 36.1 Å². The number of nitrogens with zero attached hydrogens (tertiary/aromatic N) is 2. The first kappa shape index (κ1) is 30.1. The van der Waals surface area contributed by atoms with E-state index >= 15 is 0 Å². The summed E-state index contributed by atoms with van der Waals surface area (Å²) in [7, 11) is -2.12. The smallest absolute Gasteiger partial charge is 0.243 e. The van der Waals surface area contributed by atoms with Gasteiger partial charge >= 0.3 is 0 Å². The molecule has 0 radical (unpaired) electrons. The fraction of sp³-hybridized carbons (Fsp3) is 0.355. The van der Waals surface area contributed by atoms with Crippen LogP contribution in [0.1, 0.15) is 43.7 Å². The third kappa shape index (κ3) is 9.04. The van der Waals surface area contributed by atoms with Gasteiger partial charge in [-0.2, -0.15) is 0 Å². The van der Waals surface area contributed by atoms with E-state index in [1.165, 1.54) is 11.4 Å². The third-order valence-corrected chi connectivity index (χ3v) is 8.48. The Morgan fingerprint density at radius 2 is 1.38 bits per heavy atom. The molecule has 0 heterocycles. The summed E-state index contributed by atoms with van der Waals surface area (Å²) < 4.78 is 27.0. The Kier molecular flexibility index (Phi) is 11.7. The highest BCUT2D eigenvalue weighted by Gasteiger charge is 2.30. The summed E-state index contributed by atoms with van der Waals surface area (Å²) in [6.45, 7) is 3.09. The number of hydrogen-bond acceptors (Lipinski definition) is 4. The minimum atomic E-state index is -3.64. The maximum Gasteiger partial charge on any atom is 0.243 e. The van der Waals surface area contributed by atoms with Crippen LogP contribution >= 0.6 is 0 Å². The summed E-state index contributed by atoms with van der Waals surface area (Å²) in [6, 6.07) is 26.9. The minimum Gasteiger partial charge on any atom is -0.354 e. The van der Waals surface area contributed by atoms with Crippen molar-refractivity contribution in [3.63, 3.8) is 0 Å². The predicted molar refractivity (Wildman–Crippen MR) is 154 cm³/mol. The first-order valence-corrected chi connectivity index (χ1v) is 14.9. The number of nitrogens with one attached hydrogen (secondary N) is 1. The summed E-state index contributed by atoms with van der Waals surface area (Å²) in [5, 5.41) is 3.02. The molecule has 2 amide bonds. The van der Waals surface area contributed by atoms with E-state index in [4.69, 9.17) is 0 Å². The molecule has 0 spiro atoms. The van der Waals surface area contributed by atoms with Crippen molar-refractivity contribution < 1.29 is 18.0 Å². The molecule has 0 aliphatic carbocycles. The van der Waals surface area contributed by atoms with Gasteiger partial charge in [0.25, 0.3) is 0 Å². The number of carbonyl (C=O) groups is 2. The van der Waals surface area contributed by atoms with Crippen LogP contribution < -0.4 is 5.32 Å². The topological polar surface area (TPSA) is 86.8 Å². The van der Waals surface area contributed by atoms with Crippen LogP contribution in [0.3, 0.4) is 0 Å². The first-order valence-electron chi connectivity index (χ1n) is 13.5. The molecule has 0 aliphatic heterocycles. The maximum absolute atomic E-state index is 13.7. The lowest BCUT2D eigenvalue weighted by atomic mass is 10.0. The summed E-state index contributed by atoms with van der Waals surface area (Å²) in [6.07, 6.45) is 2.66. The van der Waals surface area contributed by atoms with Crippen LogP contribution in [0.25, 0.3) is 0 Å². The van der Waals surface area contributed by atoms with E-state index in [-0.39, 0.29) is 36.2 Å². The van der Waals surface area contributed by atoms with E-state index in [2.05, 4.69) is 12.2 Å². The monoisotopic (exact) mass is 549 g/mol. The fourth-order valence-corrected chi connectivity index (χ4v) is 5.56. The molecule has 1 N–H and O–H groups in total. The normalized spacial score (nSPS) is 12.2. The summed E-state index contributed by atoms with van der Waals surface area (Å²) in [5.41, 5.74) is 1.89. The molecular formula is C31H39N3O4S. The van der Waals surface area contributed by atoms with Crippen LogP contribution in [0.2, 0.25) is 0 Å². The molecule has 3 aromatic rings. The van der Waals surface area contributed by atoms with E-state index in [1.54, 1.807) is 35.2 Å². The molecule has 0 aliphatic rings. The third-order valence-electron chi connectivity index (χ3n) is 6.61. The number of benzene rings is 3. The summed E-state index contributed by atoms with van der Waals surface area (Å²) in [5.74, 6) is -0.365. The second kappa shape index (κ2) is 15.2. The van der Waals surface area contributed by atoms with E-state index < -0.39 is 16.1 Å². The zero-order chi connectivity index (χ0) is 28.1. The van der Waals surface area contributed by atoms with Crippen LogP contribution in [0.15, 0.2) is 95.9 Å². The quantitative estimate of drug-likeness (QED) is 0.280. The highest BCUT2D eigenvalue weighted by atomic mass is 32.2. The average Bonchev–Trinajstić information content (AvgIpc) is 2.96. The Bertz CT molecular complexity index is 1270. The zero-order valence-corrected chi connectivity index (χ0v) is 23.6. The molecule has 0 aromatic heterocycles. The molecule has 7 nitrogen and oxygen atoms in total. The lowest BCUT2D eigenvalue weighted by Gasteiger charge is -2.32. The van der Waals surface area contributed by atoms with Gasteiger partial charge in [-0.25, -0.2) is 12.7 Å². The van der Waals surface area contributed by atoms with Crippen LogP contribution in [0.5, 0.6) is 0 Å². The Hall–Kier alpha value is -3.49. The van der Waals surface area contributed by atoms with Gasteiger partial charge in [-0.3, -0.25) is 9.59 Å². The Labute approximate surface area is 232 Å². The van der Waals surface area contributed by atoms with Crippen molar-refractivity contribution in [2.75, 3.05) is 20.1 Å². The van der Waals surface area contributed by atoms with Crippen LogP contribution in [0, 0.1) is 0 Å². The number of amides is 2. The van der Waals surface area contributed by atoms with Crippen molar-refractivity contribution in [1.29, 1.82) is 0 Å². The minimum absolute atomic E-state index is 0.120. The highest BCUT2D eigenvalue weighted by Crippen LogP contribution is 2.18. The van der Waals surface area contributed by atoms with Gasteiger partial charge in [0, 0.05) is 39.5 Å². The standard InChI is InChI=1S/C31H39N3O4S/c1-3-4-22-32-31(36)29(24-26-15-8-5-9-16-26)34(25-27-17-10-6-11-18-27)30(35)21-14-23-33(2)39(37,38)28-19-12-7-13-20-28/h5-13,15-20,29H,3-4,14,21-25H2,1-2H3,(H,32,36)/t29-/m1/s1. The van der Waals surface area contributed by atoms with Crippen LogP contribution in [-0.4, -0.2) is 55.6 Å². The number of hydrogen-bond donors (Lipinski definition) is 1. The molecule has 8 heteroatoms. The average molecular weight is 550 g/mol. The molecule has 0 bridgehead atoms. The van der Waals surface area contributed by atoms with Crippen molar-refractivity contribution in [2.24, 2.45) is 0 Å². The Morgan fingerprint density at radius 3 is 1.97 bits per heavy atom. The zero-order valence-electron chi connectivity index (χ0n) is 22.8. The van der Waals surface area contributed by atoms with Gasteiger partial charge in [0.05, 0.1) is 4.90 Å². The molecule has 1 atom stereocenters. The summed E-state index contributed by atoms with van der Waals surface area (Å²) in [4.78, 5) is 29.0. The van der Waals surface area contributed by atoms with Crippen molar-refractivity contribution in [1.82, 2.24) is 14.5 Å². The molecule has 0 fully saturated rings. The maximum atomic E-state index is 13.7. The lowest BCUT2D eigenvalue weighted by Crippen LogP contribution is -2.50. The Balaban J connectivity index is 1.78. The van der Waals surface area contributed by atoms with Crippen molar-refractivity contribution in [2.45, 2.75) is 56.5 Å². The molecule has 3 rings (SSSR count). The van der Waals surface area contributed by atoms with E-state index in [1.807, 2.05) is 60.7 Å². The largest absolute Gasteiger partial charge is 0.354 e. The summed E-state index contributed by atoms with van der Waals surface area (Å²) >= 11 is 0. The Morgan fingerprint density at radius 1 is 0.821 bits per heavy atom. The van der Waals surface area contributed by atoms with Crippen molar-refractivity contribution >= 4 is 21.8 Å². The van der Waals surface area contributed by atoms with E-state index in [0.29, 0.717) is 19.4 Å². The molecule has 3 aromatic carbocycles. The van der Waals surface area contributed by atoms with Gasteiger partial charge in [0.1, 0.15) is 6.04 Å². The first-order chi connectivity index (χ1) is 18.8. The number of unbranched alkanes of at least 4 members (excludes halogenated alkanes) is 1.